The Morgan fingerprint density at radius 2 is 0.378 bits per heavy atom. The predicted octanol–water partition coefficient (Wildman–Crippen LogP) is 20.5. The topological polar surface area (TPSA) is 213 Å². The number of carbonyl (C=O) groups excluding carboxylic acids is 6. The molecule has 12 radical (unpaired) electrons. The van der Waals surface area contributed by atoms with Gasteiger partial charge in [-0.25, -0.2) is 28.8 Å². The Balaban J connectivity index is 2.11. The molecule has 0 bridgehead atoms. The molecule has 0 saturated carbocycles. The molecular weight excluding hydrogens is 1150 g/mol. The summed E-state index contributed by atoms with van der Waals surface area (Å²) >= 11 is 0. The molecule has 6 atom stereocenters. The molecule has 0 aliphatic heterocycles. The molecule has 0 fully saturated rings. The van der Waals surface area contributed by atoms with E-state index in [1.54, 1.807) is 41.5 Å². The van der Waals surface area contributed by atoms with Gasteiger partial charge in [-0.2, -0.15) is 0 Å². The Kier molecular flexibility index (Phi) is 35.6. The van der Waals surface area contributed by atoms with Crippen molar-refractivity contribution in [1.29, 1.82) is 0 Å². The maximum absolute atomic E-state index is 13.9. The number of rotatable bonds is 42. The van der Waals surface area contributed by atoms with Crippen LogP contribution in [0.1, 0.15) is 234 Å². The predicted molar refractivity (Wildman–Crippen MR) is 343 cm³/mol. The van der Waals surface area contributed by atoms with E-state index in [0.29, 0.717) is 77.0 Å². The molecule has 6 unspecified atom stereocenters. The van der Waals surface area contributed by atoms with Crippen LogP contribution in [-0.2, 0) is 28.4 Å². The fourth-order valence-corrected chi connectivity index (χ4v) is 10.0. The van der Waals surface area contributed by atoms with Gasteiger partial charge in [0.15, 0.2) is 34.5 Å². The summed E-state index contributed by atoms with van der Waals surface area (Å²) in [5.41, 5.74) is 0. The molecule has 0 N–H and O–H groups in total. The highest BCUT2D eigenvalue weighted by atomic mass is 16.8. The van der Waals surface area contributed by atoms with Crippen molar-refractivity contribution in [3.05, 3.63) is 77.9 Å². The number of fused-ring (bicyclic) bond motifs is 6. The first-order valence-corrected chi connectivity index (χ1v) is 32.4. The second-order valence-electron chi connectivity index (χ2n) is 23.0. The number of ether oxygens (including phenoxy) is 12. The average Bonchev–Trinajstić information content (AvgIpc) is 0.780. The van der Waals surface area contributed by atoms with E-state index >= 15 is 0 Å². The molecule has 4 rings (SSSR count). The largest absolute Gasteiger partial charge is 0.514 e. The van der Waals surface area contributed by atoms with Crippen molar-refractivity contribution in [3.63, 3.8) is 0 Å². The van der Waals surface area contributed by atoms with Gasteiger partial charge in [-0.15, -0.1) is 0 Å². The fourth-order valence-electron chi connectivity index (χ4n) is 10.0. The van der Waals surface area contributed by atoms with E-state index in [-0.39, 0.29) is 66.8 Å². The molecule has 0 spiro atoms. The van der Waals surface area contributed by atoms with Crippen molar-refractivity contribution in [3.8, 4) is 34.5 Å². The van der Waals surface area contributed by atoms with Crippen LogP contribution in [0.4, 0.5) is 28.8 Å². The lowest BCUT2D eigenvalue weighted by Crippen LogP contribution is -2.21. The summed E-state index contributed by atoms with van der Waals surface area (Å²) < 4.78 is 69.9. The molecule has 90 heavy (non-hydrogen) atoms. The minimum absolute atomic E-state index is 0.229. The van der Waals surface area contributed by atoms with Gasteiger partial charge in [0.05, 0.1) is 0 Å². The first-order chi connectivity index (χ1) is 43.3. The summed E-state index contributed by atoms with van der Waals surface area (Å²) in [4.78, 5) is 83.1. The first-order valence-electron chi connectivity index (χ1n) is 32.4. The molecule has 18 nitrogen and oxygen atoms in total. The van der Waals surface area contributed by atoms with Gasteiger partial charge in [0.1, 0.15) is 36.6 Å². The smallest absolute Gasteiger partial charge is 0.431 e. The fraction of sp³-hybridized carbons (Fsp3) is 0.583. The van der Waals surface area contributed by atoms with Gasteiger partial charge >= 0.3 is 36.9 Å². The summed E-state index contributed by atoms with van der Waals surface area (Å²) in [5.74, 6) is -1.88. The average molecular weight is 1250 g/mol. The van der Waals surface area contributed by atoms with E-state index in [1.807, 2.05) is 0 Å². The SMILES string of the molecule is [CH]CCCCCC(C)OC(=O)Oc1cc2c3cc(OC(=O)OC(C)CCCCC[CH])c(OC(=O)OC(C)CCCCC[CH])cc3c3cc(OC(=O)OC(C)CCCCC[CH])c(OC(=O)OC(C)CCCCC[CH])cc3c2cc1OC(=O)OC(C)CCCCC[CH]. The standard InChI is InChI=1S/C72H96O18/c1-13-19-25-31-37-49(7)79-67(73)85-61-43-55-56(44-62(61)86-68(74)80-50(8)38-32-26-20-14-2)58-46-64(88-70(76)82-52(10)40-34-28-22-16-4)66(90-72(78)84-54(12)42-36-30-24-18-6)48-60(58)59-47-65(89-71(77)83-53(11)41-35-29-23-17-5)63(45-57(55)59)87-69(75)81-51(9)39-33-27-21-15-3/h1-6,43-54H,13-42H2,7-12H3. The van der Waals surface area contributed by atoms with E-state index < -0.39 is 73.6 Å². The number of hydrogen-bond acceptors (Lipinski definition) is 18. The second-order valence-corrected chi connectivity index (χ2v) is 23.0. The Morgan fingerprint density at radius 1 is 0.244 bits per heavy atom. The minimum atomic E-state index is -1.13. The highest BCUT2D eigenvalue weighted by Gasteiger charge is 2.28. The number of hydrogen-bond donors (Lipinski definition) is 0. The van der Waals surface area contributed by atoms with Crippen molar-refractivity contribution in [2.24, 2.45) is 0 Å². The summed E-state index contributed by atoms with van der Waals surface area (Å²) in [7, 11) is 0. The van der Waals surface area contributed by atoms with Gasteiger partial charge in [0.25, 0.3) is 0 Å². The van der Waals surface area contributed by atoms with E-state index in [2.05, 4.69) is 0 Å². The zero-order valence-corrected chi connectivity index (χ0v) is 54.0. The lowest BCUT2D eigenvalue weighted by Gasteiger charge is -2.20. The molecular formula is C72H96O18. The van der Waals surface area contributed by atoms with Crippen LogP contribution in [0.2, 0.25) is 0 Å². The van der Waals surface area contributed by atoms with Gasteiger partial charge < -0.3 is 56.8 Å². The number of carbonyl (C=O) groups is 6. The zero-order valence-electron chi connectivity index (χ0n) is 54.0. The lowest BCUT2D eigenvalue weighted by molar-refractivity contribution is 0.0532. The van der Waals surface area contributed by atoms with Gasteiger partial charge in [-0.1, -0.05) is 77.0 Å². The maximum Gasteiger partial charge on any atom is 0.514 e. The van der Waals surface area contributed by atoms with E-state index in [0.717, 1.165) is 116 Å². The van der Waals surface area contributed by atoms with Crippen LogP contribution in [0.25, 0.3) is 32.3 Å². The zero-order chi connectivity index (χ0) is 65.8. The highest BCUT2D eigenvalue weighted by molar-refractivity contribution is 6.27. The van der Waals surface area contributed by atoms with Crippen molar-refractivity contribution in [2.45, 2.75) is 271 Å². The van der Waals surface area contributed by atoms with Crippen LogP contribution in [0, 0.1) is 41.5 Å². The van der Waals surface area contributed by atoms with Crippen LogP contribution >= 0.6 is 0 Å². The molecule has 0 aliphatic carbocycles. The monoisotopic (exact) mass is 1250 g/mol. The third kappa shape index (κ3) is 27.8. The third-order valence-corrected chi connectivity index (χ3v) is 15.0. The first kappa shape index (κ1) is 75.7. The minimum Gasteiger partial charge on any atom is -0.431 e. The van der Waals surface area contributed by atoms with Crippen molar-refractivity contribution < 1.29 is 85.6 Å². The number of benzene rings is 4. The molecule has 492 valence electrons. The van der Waals surface area contributed by atoms with Crippen molar-refractivity contribution in [1.82, 2.24) is 0 Å². The summed E-state index contributed by atoms with van der Waals surface area (Å²) in [5, 5.41) is 1.37. The Hall–Kier alpha value is -6.72. The summed E-state index contributed by atoms with van der Waals surface area (Å²) in [6, 6.07) is 8.38. The van der Waals surface area contributed by atoms with Crippen LogP contribution in [0.15, 0.2) is 36.4 Å². The van der Waals surface area contributed by atoms with Crippen molar-refractivity contribution in [2.75, 3.05) is 0 Å². The molecule has 0 amide bonds. The quantitative estimate of drug-likeness (QED) is 0.0133. The van der Waals surface area contributed by atoms with Crippen LogP contribution in [0.5, 0.6) is 34.5 Å². The Labute approximate surface area is 536 Å². The highest BCUT2D eigenvalue weighted by Crippen LogP contribution is 2.48. The van der Waals surface area contributed by atoms with Gasteiger partial charge in [-0.3, -0.25) is 0 Å². The maximum atomic E-state index is 13.9. The molecule has 0 heterocycles. The van der Waals surface area contributed by atoms with E-state index in [1.165, 1.54) is 36.4 Å². The Morgan fingerprint density at radius 3 is 0.500 bits per heavy atom. The molecule has 0 aliphatic rings. The summed E-state index contributed by atoms with van der Waals surface area (Å²) in [6.45, 7) is 44.5. The normalized spacial score (nSPS) is 13.3. The van der Waals surface area contributed by atoms with Crippen LogP contribution in [-0.4, -0.2) is 73.6 Å². The van der Waals surface area contributed by atoms with Gasteiger partial charge in [-0.05, 0) is 267 Å². The van der Waals surface area contributed by atoms with Gasteiger partial charge in [0.2, 0.25) is 0 Å². The van der Waals surface area contributed by atoms with Gasteiger partial charge in [0, 0.05) is 0 Å². The van der Waals surface area contributed by atoms with E-state index in [4.69, 9.17) is 98.4 Å². The lowest BCUT2D eigenvalue weighted by atomic mass is 9.93. The second kappa shape index (κ2) is 42.4. The molecule has 4 aromatic rings. The van der Waals surface area contributed by atoms with Crippen molar-refractivity contribution >= 4 is 69.2 Å². The van der Waals surface area contributed by atoms with Crippen LogP contribution in [0.3, 0.4) is 0 Å². The Bertz CT molecular complexity index is 2310. The van der Waals surface area contributed by atoms with Crippen LogP contribution < -0.4 is 28.4 Å². The van der Waals surface area contributed by atoms with E-state index in [9.17, 15) is 28.8 Å². The molecule has 4 aromatic carbocycles. The third-order valence-electron chi connectivity index (χ3n) is 15.0. The molecule has 0 saturated heterocycles. The summed E-state index contributed by atoms with van der Waals surface area (Å²) in [6.07, 6.45) is 9.56. The molecule has 18 heteroatoms. The number of unbranched alkanes of at least 4 members (excludes halogenated alkanes) is 18. The molecule has 0 aromatic heterocycles.